The van der Waals surface area contributed by atoms with E-state index in [0.717, 1.165) is 30.4 Å². The average molecular weight is 290 g/mol. The molecule has 21 heavy (non-hydrogen) atoms. The summed E-state index contributed by atoms with van der Waals surface area (Å²) in [6.45, 7) is 9.91. The molecule has 0 aromatic carbocycles. The van der Waals surface area contributed by atoms with E-state index in [2.05, 4.69) is 49.4 Å². The highest BCUT2D eigenvalue weighted by molar-refractivity contribution is 5.48. The lowest BCUT2D eigenvalue weighted by Crippen LogP contribution is -2.26. The molecule has 4 heteroatoms. The molecule has 1 aliphatic rings. The molecule has 118 valence electrons. The fourth-order valence-electron chi connectivity index (χ4n) is 2.75. The van der Waals surface area contributed by atoms with Gasteiger partial charge in [-0.05, 0) is 32.1 Å². The molecule has 0 aliphatic heterocycles. The van der Waals surface area contributed by atoms with E-state index in [1.807, 2.05) is 0 Å². The smallest absolute Gasteiger partial charge is 0.136 e. The van der Waals surface area contributed by atoms with Gasteiger partial charge in [0.05, 0.1) is 0 Å². The Hall–Kier alpha value is -1.32. The molecule has 2 N–H and O–H groups in total. The summed E-state index contributed by atoms with van der Waals surface area (Å²) < 4.78 is 0. The van der Waals surface area contributed by atoms with Crippen LogP contribution in [0.4, 0.5) is 11.6 Å². The zero-order valence-corrected chi connectivity index (χ0v) is 13.9. The van der Waals surface area contributed by atoms with Crippen LogP contribution >= 0.6 is 0 Å². The minimum atomic E-state index is 0.445. The summed E-state index contributed by atoms with van der Waals surface area (Å²) in [4.78, 5) is 9.40. The van der Waals surface area contributed by atoms with Crippen LogP contribution in [0, 0.1) is 5.92 Å². The lowest BCUT2D eigenvalue weighted by atomic mass is 9.95. The molecule has 1 aromatic rings. The first-order valence-electron chi connectivity index (χ1n) is 8.57. The molecule has 0 bridgehead atoms. The predicted octanol–water partition coefficient (Wildman–Crippen LogP) is 4.41. The van der Waals surface area contributed by atoms with E-state index in [4.69, 9.17) is 4.98 Å². The fourth-order valence-corrected chi connectivity index (χ4v) is 2.75. The Bertz CT molecular complexity index is 438. The molecular formula is C17H30N4. The molecule has 0 amide bonds. The molecule has 0 radical (unpaired) electrons. The van der Waals surface area contributed by atoms with E-state index in [1.165, 1.54) is 25.7 Å². The second-order valence-corrected chi connectivity index (χ2v) is 6.21. The lowest BCUT2D eigenvalue weighted by Gasteiger charge is -2.23. The van der Waals surface area contributed by atoms with Gasteiger partial charge in [0.2, 0.25) is 0 Å². The number of rotatable bonds is 9. The van der Waals surface area contributed by atoms with Gasteiger partial charge in [0.25, 0.3) is 0 Å². The van der Waals surface area contributed by atoms with Crippen molar-refractivity contribution >= 4 is 11.6 Å². The van der Waals surface area contributed by atoms with Crippen LogP contribution in [0.5, 0.6) is 0 Å². The normalized spacial score (nSPS) is 16.0. The van der Waals surface area contributed by atoms with Crippen LogP contribution in [-0.4, -0.2) is 22.6 Å². The van der Waals surface area contributed by atoms with Crippen LogP contribution in [0.2, 0.25) is 0 Å². The summed E-state index contributed by atoms with van der Waals surface area (Å²) in [5.41, 5.74) is 0. The highest BCUT2D eigenvalue weighted by Crippen LogP contribution is 2.39. The van der Waals surface area contributed by atoms with Crippen molar-refractivity contribution in [1.29, 1.82) is 0 Å². The summed E-state index contributed by atoms with van der Waals surface area (Å²) in [5, 5.41) is 6.99. The van der Waals surface area contributed by atoms with Crippen LogP contribution in [-0.2, 0) is 0 Å². The maximum Gasteiger partial charge on any atom is 0.136 e. The largest absolute Gasteiger partial charge is 0.370 e. The minimum Gasteiger partial charge on any atom is -0.370 e. The van der Waals surface area contributed by atoms with Gasteiger partial charge in [-0.1, -0.05) is 33.6 Å². The number of anilines is 2. The number of aromatic nitrogens is 2. The molecular weight excluding hydrogens is 260 g/mol. The van der Waals surface area contributed by atoms with Crippen LogP contribution in [0.3, 0.4) is 0 Å². The van der Waals surface area contributed by atoms with Crippen molar-refractivity contribution in [3.05, 3.63) is 11.9 Å². The first-order valence-corrected chi connectivity index (χ1v) is 8.57. The van der Waals surface area contributed by atoms with Crippen LogP contribution in [0.1, 0.15) is 71.5 Å². The van der Waals surface area contributed by atoms with Gasteiger partial charge >= 0.3 is 0 Å². The van der Waals surface area contributed by atoms with Crippen molar-refractivity contribution in [3.8, 4) is 0 Å². The minimum absolute atomic E-state index is 0.445. The summed E-state index contributed by atoms with van der Waals surface area (Å²) in [5.74, 6) is 4.22. The van der Waals surface area contributed by atoms with Gasteiger partial charge in [-0.15, -0.1) is 0 Å². The topological polar surface area (TPSA) is 49.8 Å². The molecule has 1 atom stereocenters. The van der Waals surface area contributed by atoms with E-state index >= 15 is 0 Å². The third kappa shape index (κ3) is 4.58. The third-order valence-corrected chi connectivity index (χ3v) is 4.37. The monoisotopic (exact) mass is 290 g/mol. The number of hydrogen-bond donors (Lipinski definition) is 2. The zero-order chi connectivity index (χ0) is 15.2. The molecule has 1 aromatic heterocycles. The zero-order valence-electron chi connectivity index (χ0n) is 13.9. The molecule has 0 saturated heterocycles. The van der Waals surface area contributed by atoms with Gasteiger partial charge < -0.3 is 10.6 Å². The Morgan fingerprint density at radius 3 is 2.38 bits per heavy atom. The van der Waals surface area contributed by atoms with Gasteiger partial charge in [0, 0.05) is 24.6 Å². The molecule has 4 nitrogen and oxygen atoms in total. The molecule has 1 aliphatic carbocycles. The van der Waals surface area contributed by atoms with Crippen molar-refractivity contribution in [3.63, 3.8) is 0 Å². The molecule has 0 spiro atoms. The van der Waals surface area contributed by atoms with Gasteiger partial charge in [-0.3, -0.25) is 0 Å². The van der Waals surface area contributed by atoms with Crippen molar-refractivity contribution in [2.45, 2.75) is 71.8 Å². The molecule has 1 heterocycles. The Morgan fingerprint density at radius 1 is 1.14 bits per heavy atom. The van der Waals surface area contributed by atoms with E-state index in [9.17, 15) is 0 Å². The van der Waals surface area contributed by atoms with Crippen LogP contribution < -0.4 is 10.6 Å². The van der Waals surface area contributed by atoms with Crippen LogP contribution in [0.25, 0.3) is 0 Å². The Morgan fingerprint density at radius 2 is 1.81 bits per heavy atom. The highest BCUT2D eigenvalue weighted by Gasteiger charge is 2.27. The van der Waals surface area contributed by atoms with Crippen molar-refractivity contribution in [2.75, 3.05) is 17.2 Å². The number of hydrogen-bond acceptors (Lipinski definition) is 4. The molecule has 1 unspecified atom stereocenters. The summed E-state index contributed by atoms with van der Waals surface area (Å²) >= 11 is 0. The summed E-state index contributed by atoms with van der Waals surface area (Å²) in [6, 6.07) is 2.50. The molecule has 1 saturated carbocycles. The van der Waals surface area contributed by atoms with Gasteiger partial charge in [-0.25, -0.2) is 9.97 Å². The average Bonchev–Trinajstić information content (AvgIpc) is 3.31. The Balaban J connectivity index is 2.11. The highest BCUT2D eigenvalue weighted by atomic mass is 15.1. The van der Waals surface area contributed by atoms with E-state index < -0.39 is 0 Å². The van der Waals surface area contributed by atoms with E-state index in [1.54, 1.807) is 0 Å². The number of nitrogens with zero attached hydrogens (tertiary/aromatic N) is 2. The van der Waals surface area contributed by atoms with Gasteiger partial charge in [0.1, 0.15) is 17.5 Å². The molecule has 1 fully saturated rings. The lowest BCUT2D eigenvalue weighted by molar-refractivity contribution is 0.437. The SMILES string of the molecule is CCCNc1cc(NC(C)C(CC)CC)nc(C2CC2)n1. The van der Waals surface area contributed by atoms with Crippen molar-refractivity contribution in [2.24, 2.45) is 5.92 Å². The van der Waals surface area contributed by atoms with Crippen molar-refractivity contribution < 1.29 is 0 Å². The van der Waals surface area contributed by atoms with E-state index in [-0.39, 0.29) is 0 Å². The second-order valence-electron chi connectivity index (χ2n) is 6.21. The van der Waals surface area contributed by atoms with Gasteiger partial charge in [-0.2, -0.15) is 0 Å². The first kappa shape index (κ1) is 16.1. The maximum atomic E-state index is 4.73. The Kier molecular flexibility index (Phi) is 5.83. The van der Waals surface area contributed by atoms with Gasteiger partial charge in [0.15, 0.2) is 0 Å². The standard InChI is InChI=1S/C17H30N4/c1-5-10-18-15-11-16(19-12(4)13(6-2)7-3)21-17(20-15)14-8-9-14/h11-14H,5-10H2,1-4H3,(H2,18,19,20,21). The summed E-state index contributed by atoms with van der Waals surface area (Å²) in [6.07, 6.45) is 5.98. The number of nitrogens with one attached hydrogen (secondary N) is 2. The second kappa shape index (κ2) is 7.62. The maximum absolute atomic E-state index is 4.73. The van der Waals surface area contributed by atoms with Crippen molar-refractivity contribution in [1.82, 2.24) is 9.97 Å². The quantitative estimate of drug-likeness (QED) is 0.707. The Labute approximate surface area is 129 Å². The van der Waals surface area contributed by atoms with Crippen LogP contribution in [0.15, 0.2) is 6.07 Å². The fraction of sp³-hybridized carbons (Fsp3) is 0.765. The third-order valence-electron chi connectivity index (χ3n) is 4.37. The first-order chi connectivity index (χ1) is 10.2. The summed E-state index contributed by atoms with van der Waals surface area (Å²) in [7, 11) is 0. The predicted molar refractivity (Wildman–Crippen MR) is 89.9 cm³/mol. The van der Waals surface area contributed by atoms with E-state index in [0.29, 0.717) is 17.9 Å². The molecule has 2 rings (SSSR count).